The minimum Gasteiger partial charge on any atom is -0.337 e. The highest BCUT2D eigenvalue weighted by molar-refractivity contribution is 5.40. The van der Waals surface area contributed by atoms with Crippen molar-refractivity contribution in [3.8, 4) is 0 Å². The minimum atomic E-state index is 0.336. The average Bonchev–Trinajstić information content (AvgIpc) is 2.77. The van der Waals surface area contributed by atoms with Crippen LogP contribution in [0.1, 0.15) is 35.3 Å². The zero-order valence-electron chi connectivity index (χ0n) is 10.9. The Hall–Kier alpha value is -1.61. The molecule has 3 nitrogen and oxygen atoms in total. The molecule has 94 valence electrons. The third-order valence-corrected chi connectivity index (χ3v) is 4.00. The van der Waals surface area contributed by atoms with Gasteiger partial charge in [-0.2, -0.15) is 0 Å². The smallest absolute Gasteiger partial charge is 0.125 e. The normalized spacial score (nSPS) is 19.1. The molecule has 2 atom stereocenters. The Labute approximate surface area is 108 Å². The van der Waals surface area contributed by atoms with Crippen molar-refractivity contribution in [1.29, 1.82) is 0 Å². The van der Waals surface area contributed by atoms with Crippen molar-refractivity contribution in [2.75, 3.05) is 7.05 Å². The number of aryl methyl sites for hydroxylation is 1. The summed E-state index contributed by atoms with van der Waals surface area (Å²) in [5, 5.41) is 3.39. The molecule has 0 amide bonds. The van der Waals surface area contributed by atoms with Gasteiger partial charge >= 0.3 is 0 Å². The molecule has 1 aromatic heterocycles. The number of imidazole rings is 1. The summed E-state index contributed by atoms with van der Waals surface area (Å²) in [5.41, 5.74) is 3.03. The van der Waals surface area contributed by atoms with Crippen LogP contribution in [0.3, 0.4) is 0 Å². The van der Waals surface area contributed by atoms with Gasteiger partial charge in [0.05, 0.1) is 6.04 Å². The number of benzene rings is 1. The maximum Gasteiger partial charge on any atom is 0.125 e. The molecule has 1 aromatic carbocycles. The van der Waals surface area contributed by atoms with Crippen LogP contribution in [-0.2, 0) is 13.5 Å². The predicted molar refractivity (Wildman–Crippen MR) is 72.5 cm³/mol. The molecule has 1 heterocycles. The fraction of sp³-hybridized carbons (Fsp3) is 0.400. The molecule has 1 aliphatic rings. The first kappa shape index (κ1) is 11.5. The molecule has 0 aliphatic heterocycles. The van der Waals surface area contributed by atoms with Gasteiger partial charge in [0.2, 0.25) is 0 Å². The molecule has 2 aromatic rings. The van der Waals surface area contributed by atoms with Gasteiger partial charge in [0.25, 0.3) is 0 Å². The van der Waals surface area contributed by atoms with Crippen LogP contribution in [0.4, 0.5) is 0 Å². The van der Waals surface area contributed by atoms with Gasteiger partial charge in [-0.3, -0.25) is 0 Å². The van der Waals surface area contributed by atoms with E-state index in [-0.39, 0.29) is 0 Å². The number of nitrogens with one attached hydrogen (secondary N) is 1. The van der Waals surface area contributed by atoms with Crippen LogP contribution in [0, 0.1) is 0 Å². The molecule has 3 rings (SSSR count). The van der Waals surface area contributed by atoms with Gasteiger partial charge in [0.15, 0.2) is 0 Å². The van der Waals surface area contributed by atoms with E-state index in [1.807, 2.05) is 19.4 Å². The van der Waals surface area contributed by atoms with Gasteiger partial charge in [-0.15, -0.1) is 0 Å². The summed E-state index contributed by atoms with van der Waals surface area (Å²) < 4.78 is 2.10. The largest absolute Gasteiger partial charge is 0.337 e. The first-order valence-electron chi connectivity index (χ1n) is 6.52. The zero-order valence-corrected chi connectivity index (χ0v) is 10.9. The maximum atomic E-state index is 4.45. The summed E-state index contributed by atoms with van der Waals surface area (Å²) in [6.07, 6.45) is 6.21. The zero-order chi connectivity index (χ0) is 12.5. The molecule has 1 N–H and O–H groups in total. The summed E-state index contributed by atoms with van der Waals surface area (Å²) in [6, 6.07) is 9.10. The quantitative estimate of drug-likeness (QED) is 0.891. The Morgan fingerprint density at radius 2 is 2.28 bits per heavy atom. The molecule has 18 heavy (non-hydrogen) atoms. The third kappa shape index (κ3) is 1.85. The van der Waals surface area contributed by atoms with E-state index in [1.54, 1.807) is 0 Å². The summed E-state index contributed by atoms with van der Waals surface area (Å²) >= 11 is 0. The third-order valence-electron chi connectivity index (χ3n) is 4.00. The molecule has 1 aliphatic carbocycles. The van der Waals surface area contributed by atoms with E-state index in [4.69, 9.17) is 0 Å². The Bertz CT molecular complexity index is 544. The van der Waals surface area contributed by atoms with Crippen molar-refractivity contribution < 1.29 is 0 Å². The Kier molecular flexibility index (Phi) is 2.92. The summed E-state index contributed by atoms with van der Waals surface area (Å²) in [6.45, 7) is 0. The standard InChI is InChI=1S/C15H19N3/c1-16-14(15-17-7-8-18(15)2)10-12-9-11-5-3-4-6-13(11)12/h3-8,12,14,16H,9-10H2,1-2H3. The summed E-state index contributed by atoms with van der Waals surface area (Å²) in [7, 11) is 4.07. The van der Waals surface area contributed by atoms with Crippen molar-refractivity contribution in [2.24, 2.45) is 7.05 Å². The molecule has 0 spiro atoms. The first-order valence-corrected chi connectivity index (χ1v) is 6.52. The Morgan fingerprint density at radius 1 is 1.44 bits per heavy atom. The molecule has 0 saturated carbocycles. The first-order chi connectivity index (χ1) is 8.79. The van der Waals surface area contributed by atoms with Crippen LogP contribution in [-0.4, -0.2) is 16.6 Å². The van der Waals surface area contributed by atoms with Crippen molar-refractivity contribution in [3.63, 3.8) is 0 Å². The highest BCUT2D eigenvalue weighted by atomic mass is 15.1. The number of rotatable bonds is 4. The van der Waals surface area contributed by atoms with Crippen LogP contribution < -0.4 is 5.32 Å². The lowest BCUT2D eigenvalue weighted by molar-refractivity contribution is 0.429. The number of fused-ring (bicyclic) bond motifs is 1. The minimum absolute atomic E-state index is 0.336. The summed E-state index contributed by atoms with van der Waals surface area (Å²) in [5.74, 6) is 1.80. The van der Waals surface area contributed by atoms with Gasteiger partial charge in [-0.1, -0.05) is 24.3 Å². The molecule has 3 heteroatoms. The molecular formula is C15H19N3. The van der Waals surface area contributed by atoms with E-state index in [0.29, 0.717) is 12.0 Å². The van der Waals surface area contributed by atoms with Crippen molar-refractivity contribution in [3.05, 3.63) is 53.6 Å². The summed E-state index contributed by atoms with van der Waals surface area (Å²) in [4.78, 5) is 4.45. The van der Waals surface area contributed by atoms with E-state index < -0.39 is 0 Å². The predicted octanol–water partition coefficient (Wildman–Crippen LogP) is 2.41. The van der Waals surface area contributed by atoms with Gasteiger partial charge < -0.3 is 9.88 Å². The van der Waals surface area contributed by atoms with Crippen LogP contribution in [0.2, 0.25) is 0 Å². The van der Waals surface area contributed by atoms with E-state index in [9.17, 15) is 0 Å². The van der Waals surface area contributed by atoms with Crippen LogP contribution in [0.5, 0.6) is 0 Å². The Morgan fingerprint density at radius 3 is 2.94 bits per heavy atom. The van der Waals surface area contributed by atoms with E-state index in [2.05, 4.69) is 46.2 Å². The highest BCUT2D eigenvalue weighted by Crippen LogP contribution is 2.40. The van der Waals surface area contributed by atoms with Crippen LogP contribution >= 0.6 is 0 Å². The van der Waals surface area contributed by atoms with Gasteiger partial charge in [0.1, 0.15) is 5.82 Å². The van der Waals surface area contributed by atoms with Crippen molar-refractivity contribution in [2.45, 2.75) is 24.8 Å². The molecule has 2 unspecified atom stereocenters. The fourth-order valence-corrected chi connectivity index (χ4v) is 2.92. The molecule has 0 radical (unpaired) electrons. The monoisotopic (exact) mass is 241 g/mol. The number of nitrogens with zero attached hydrogens (tertiary/aromatic N) is 2. The lowest BCUT2D eigenvalue weighted by Crippen LogP contribution is -2.26. The highest BCUT2D eigenvalue weighted by Gasteiger charge is 2.29. The number of hydrogen-bond donors (Lipinski definition) is 1. The second-order valence-corrected chi connectivity index (χ2v) is 5.07. The SMILES string of the molecule is CNC(CC1Cc2ccccc21)c1nccn1C. The lowest BCUT2D eigenvalue weighted by Gasteiger charge is -2.32. The van der Waals surface area contributed by atoms with E-state index in [1.165, 1.54) is 17.5 Å². The molecular weight excluding hydrogens is 222 g/mol. The number of aromatic nitrogens is 2. The van der Waals surface area contributed by atoms with Gasteiger partial charge in [-0.25, -0.2) is 4.98 Å². The van der Waals surface area contributed by atoms with E-state index >= 15 is 0 Å². The average molecular weight is 241 g/mol. The maximum absolute atomic E-state index is 4.45. The molecule has 0 bridgehead atoms. The fourth-order valence-electron chi connectivity index (χ4n) is 2.92. The second kappa shape index (κ2) is 4.58. The second-order valence-electron chi connectivity index (χ2n) is 5.07. The van der Waals surface area contributed by atoms with Crippen molar-refractivity contribution >= 4 is 0 Å². The molecule has 0 saturated heterocycles. The van der Waals surface area contributed by atoms with E-state index in [0.717, 1.165) is 12.2 Å². The number of hydrogen-bond acceptors (Lipinski definition) is 2. The van der Waals surface area contributed by atoms with Crippen molar-refractivity contribution in [1.82, 2.24) is 14.9 Å². The molecule has 0 fully saturated rings. The lowest BCUT2D eigenvalue weighted by atomic mass is 9.74. The van der Waals surface area contributed by atoms with Crippen LogP contribution in [0.25, 0.3) is 0 Å². The Balaban J connectivity index is 1.76. The van der Waals surface area contributed by atoms with Gasteiger partial charge in [-0.05, 0) is 36.9 Å². The topological polar surface area (TPSA) is 29.9 Å². The van der Waals surface area contributed by atoms with Crippen LogP contribution in [0.15, 0.2) is 36.7 Å². The van der Waals surface area contributed by atoms with Gasteiger partial charge in [0, 0.05) is 19.4 Å².